The molecule has 0 aliphatic carbocycles. The van der Waals surface area contributed by atoms with E-state index < -0.39 is 0 Å². The Morgan fingerprint density at radius 3 is 3.00 bits per heavy atom. The summed E-state index contributed by atoms with van der Waals surface area (Å²) in [4.78, 5) is 3.85. The van der Waals surface area contributed by atoms with Crippen LogP contribution >= 0.6 is 0 Å². The fourth-order valence-corrected chi connectivity index (χ4v) is 0.769. The van der Waals surface area contributed by atoms with E-state index in [4.69, 9.17) is 15.6 Å². The minimum Gasteiger partial charge on any atom is -0.492 e. The number of nitrogens with two attached hydrogens (primary N) is 1. The highest BCUT2D eigenvalue weighted by atomic mass is 16.5. The molecule has 0 aliphatic rings. The predicted molar refractivity (Wildman–Crippen MR) is 45.8 cm³/mol. The van der Waals surface area contributed by atoms with E-state index in [0.717, 1.165) is 0 Å². The van der Waals surface area contributed by atoms with Crippen molar-refractivity contribution >= 4 is 5.69 Å². The summed E-state index contributed by atoms with van der Waals surface area (Å²) < 4.78 is 5.22. The molecular weight excluding hydrogens is 156 g/mol. The third kappa shape index (κ3) is 2.75. The van der Waals surface area contributed by atoms with Gasteiger partial charge in [-0.15, -0.1) is 0 Å². The lowest BCUT2D eigenvalue weighted by Crippen LogP contribution is -2.00. The van der Waals surface area contributed by atoms with E-state index in [-0.39, 0.29) is 6.61 Å². The van der Waals surface area contributed by atoms with Crippen LogP contribution in [-0.4, -0.2) is 23.3 Å². The number of aliphatic hydroxyl groups excluding tert-OH is 1. The molecule has 66 valence electrons. The summed E-state index contributed by atoms with van der Waals surface area (Å²) in [5, 5.41) is 8.48. The highest BCUT2D eigenvalue weighted by Crippen LogP contribution is 2.11. The fourth-order valence-electron chi connectivity index (χ4n) is 0.769. The molecule has 0 aliphatic heterocycles. The first kappa shape index (κ1) is 8.80. The van der Waals surface area contributed by atoms with Crippen LogP contribution in [0.3, 0.4) is 0 Å². The van der Waals surface area contributed by atoms with E-state index in [2.05, 4.69) is 4.98 Å². The van der Waals surface area contributed by atoms with Gasteiger partial charge >= 0.3 is 0 Å². The van der Waals surface area contributed by atoms with Crippen LogP contribution < -0.4 is 10.5 Å². The van der Waals surface area contributed by atoms with E-state index in [1.165, 1.54) is 0 Å². The summed E-state index contributed by atoms with van der Waals surface area (Å²) in [6, 6.07) is 1.70. The molecule has 12 heavy (non-hydrogen) atoms. The Morgan fingerprint density at radius 1 is 1.50 bits per heavy atom. The van der Waals surface area contributed by atoms with Gasteiger partial charge in [0.25, 0.3) is 0 Å². The van der Waals surface area contributed by atoms with Gasteiger partial charge in [-0.1, -0.05) is 0 Å². The second-order valence-electron chi connectivity index (χ2n) is 2.38. The van der Waals surface area contributed by atoms with Gasteiger partial charge < -0.3 is 15.6 Å². The smallest absolute Gasteiger partial charge is 0.139 e. The first-order valence-corrected chi connectivity index (χ1v) is 3.77. The average Bonchev–Trinajstić information content (AvgIpc) is 2.05. The van der Waals surface area contributed by atoms with Crippen molar-refractivity contribution in [3.63, 3.8) is 0 Å². The number of pyridine rings is 1. The number of nitrogens with zero attached hydrogens (tertiary/aromatic N) is 1. The van der Waals surface area contributed by atoms with Gasteiger partial charge in [-0.2, -0.15) is 0 Å². The Hall–Kier alpha value is -1.29. The van der Waals surface area contributed by atoms with Crippen LogP contribution in [0.15, 0.2) is 18.5 Å². The van der Waals surface area contributed by atoms with Gasteiger partial charge in [-0.25, -0.2) is 0 Å². The molecule has 4 nitrogen and oxygen atoms in total. The zero-order chi connectivity index (χ0) is 8.81. The molecular formula is C8H12N2O2. The van der Waals surface area contributed by atoms with Crippen LogP contribution in [0, 0.1) is 0 Å². The number of rotatable bonds is 4. The van der Waals surface area contributed by atoms with Gasteiger partial charge in [0.15, 0.2) is 0 Å². The normalized spacial score (nSPS) is 9.75. The summed E-state index contributed by atoms with van der Waals surface area (Å²) in [5.74, 6) is 0.642. The van der Waals surface area contributed by atoms with E-state index >= 15 is 0 Å². The van der Waals surface area contributed by atoms with Crippen molar-refractivity contribution in [1.29, 1.82) is 0 Å². The Bertz CT molecular complexity index is 240. The van der Waals surface area contributed by atoms with Crippen molar-refractivity contribution in [3.8, 4) is 5.75 Å². The van der Waals surface area contributed by atoms with E-state index in [9.17, 15) is 0 Å². The molecule has 0 unspecified atom stereocenters. The first-order chi connectivity index (χ1) is 5.83. The third-order valence-electron chi connectivity index (χ3n) is 1.31. The number of hydrogen-bond acceptors (Lipinski definition) is 4. The summed E-state index contributed by atoms with van der Waals surface area (Å²) in [6.07, 6.45) is 3.77. The monoisotopic (exact) mass is 168 g/mol. The van der Waals surface area contributed by atoms with E-state index in [0.29, 0.717) is 24.5 Å². The molecule has 0 bridgehead atoms. The van der Waals surface area contributed by atoms with Gasteiger partial charge in [-0.3, -0.25) is 4.98 Å². The molecule has 1 aromatic heterocycles. The lowest BCUT2D eigenvalue weighted by molar-refractivity contribution is 0.233. The van der Waals surface area contributed by atoms with E-state index in [1.54, 1.807) is 18.5 Å². The summed E-state index contributed by atoms with van der Waals surface area (Å²) in [5.41, 5.74) is 6.05. The summed E-state index contributed by atoms with van der Waals surface area (Å²) in [6.45, 7) is 0.622. The quantitative estimate of drug-likeness (QED) is 0.639. The molecule has 0 saturated carbocycles. The van der Waals surface area contributed by atoms with Crippen LogP contribution in [-0.2, 0) is 0 Å². The second-order valence-corrected chi connectivity index (χ2v) is 2.38. The number of aliphatic hydroxyl groups is 1. The molecule has 0 fully saturated rings. The van der Waals surface area contributed by atoms with E-state index in [1.807, 2.05) is 0 Å². The summed E-state index contributed by atoms with van der Waals surface area (Å²) in [7, 11) is 0. The van der Waals surface area contributed by atoms with Crippen molar-refractivity contribution in [3.05, 3.63) is 18.5 Å². The number of nitrogen functional groups attached to an aromatic ring is 1. The third-order valence-corrected chi connectivity index (χ3v) is 1.31. The molecule has 0 spiro atoms. The maximum Gasteiger partial charge on any atom is 0.139 e. The summed E-state index contributed by atoms with van der Waals surface area (Å²) >= 11 is 0. The predicted octanol–water partition coefficient (Wildman–Crippen LogP) is 0.425. The molecule has 0 radical (unpaired) electrons. The molecule has 1 rings (SSSR count). The van der Waals surface area contributed by atoms with Crippen LogP contribution in [0.25, 0.3) is 0 Å². The molecule has 0 amide bonds. The topological polar surface area (TPSA) is 68.4 Å². The Balaban J connectivity index is 2.41. The van der Waals surface area contributed by atoms with Gasteiger partial charge in [0, 0.05) is 19.1 Å². The van der Waals surface area contributed by atoms with Crippen LogP contribution in [0.1, 0.15) is 6.42 Å². The molecule has 0 aromatic carbocycles. The van der Waals surface area contributed by atoms with Crippen molar-refractivity contribution in [2.24, 2.45) is 0 Å². The molecule has 4 heteroatoms. The number of ether oxygens (including phenoxy) is 1. The minimum absolute atomic E-state index is 0.135. The lowest BCUT2D eigenvalue weighted by Gasteiger charge is -2.03. The SMILES string of the molecule is Nc1cncc(OCCCO)c1. The number of hydrogen-bond donors (Lipinski definition) is 2. The molecule has 1 aromatic rings. The largest absolute Gasteiger partial charge is 0.492 e. The van der Waals surface area contributed by atoms with Crippen molar-refractivity contribution in [2.75, 3.05) is 18.9 Å². The first-order valence-electron chi connectivity index (χ1n) is 3.77. The van der Waals surface area contributed by atoms with Crippen molar-refractivity contribution < 1.29 is 9.84 Å². The Morgan fingerprint density at radius 2 is 2.33 bits per heavy atom. The zero-order valence-corrected chi connectivity index (χ0v) is 6.73. The Kier molecular flexibility index (Phi) is 3.35. The van der Waals surface area contributed by atoms with Gasteiger partial charge in [0.2, 0.25) is 0 Å². The van der Waals surface area contributed by atoms with Crippen LogP contribution in [0.4, 0.5) is 5.69 Å². The van der Waals surface area contributed by atoms with Crippen LogP contribution in [0.5, 0.6) is 5.75 Å². The highest BCUT2D eigenvalue weighted by Gasteiger charge is 1.93. The highest BCUT2D eigenvalue weighted by molar-refractivity contribution is 5.39. The van der Waals surface area contributed by atoms with Crippen molar-refractivity contribution in [1.82, 2.24) is 4.98 Å². The molecule has 0 atom stereocenters. The average molecular weight is 168 g/mol. The van der Waals surface area contributed by atoms with Crippen LogP contribution in [0.2, 0.25) is 0 Å². The molecule has 1 heterocycles. The van der Waals surface area contributed by atoms with Gasteiger partial charge in [0.05, 0.1) is 24.7 Å². The van der Waals surface area contributed by atoms with Crippen molar-refractivity contribution in [2.45, 2.75) is 6.42 Å². The fraction of sp³-hybridized carbons (Fsp3) is 0.375. The molecule has 3 N–H and O–H groups in total. The zero-order valence-electron chi connectivity index (χ0n) is 6.73. The van der Waals surface area contributed by atoms with Gasteiger partial charge in [0.1, 0.15) is 5.75 Å². The Labute approximate surface area is 71.0 Å². The number of anilines is 1. The number of aromatic nitrogens is 1. The lowest BCUT2D eigenvalue weighted by atomic mass is 10.4. The minimum atomic E-state index is 0.135. The maximum atomic E-state index is 8.48. The van der Waals surface area contributed by atoms with Gasteiger partial charge in [-0.05, 0) is 0 Å². The maximum absolute atomic E-state index is 8.48. The second kappa shape index (κ2) is 4.56. The molecule has 0 saturated heterocycles. The standard InChI is InChI=1S/C8H12N2O2/c9-7-4-8(6-10-5-7)12-3-1-2-11/h4-6,11H,1-3,9H2.